The normalized spacial score (nSPS) is 10.7. The first-order valence-electron chi connectivity index (χ1n) is 7.40. The molecule has 0 saturated heterocycles. The molecule has 140 valence electrons. The van der Waals surface area contributed by atoms with Crippen LogP contribution in [0.1, 0.15) is 11.1 Å². The molecule has 2 aromatic carbocycles. The van der Waals surface area contributed by atoms with Crippen molar-refractivity contribution >= 4 is 69.1 Å². The molecule has 0 aromatic heterocycles. The predicted molar refractivity (Wildman–Crippen MR) is 102 cm³/mol. The number of allylic oxidation sites excluding steroid dienone is 2. The summed E-state index contributed by atoms with van der Waals surface area (Å²) in [4.78, 5) is -0.315. The SMILES string of the molecule is C=CCc1ccccc1S(=O)(=O)[O-].C=CCc1ccccc1S(=O)(=O)[O-].[Ba+2]. The Morgan fingerprint density at radius 2 is 1.00 bits per heavy atom. The van der Waals surface area contributed by atoms with Gasteiger partial charge in [0.2, 0.25) is 0 Å². The van der Waals surface area contributed by atoms with Crippen LogP contribution in [0.5, 0.6) is 0 Å². The summed E-state index contributed by atoms with van der Waals surface area (Å²) in [7, 11) is -8.71. The van der Waals surface area contributed by atoms with Crippen LogP contribution in [0.4, 0.5) is 0 Å². The zero-order valence-corrected chi connectivity index (χ0v) is 20.6. The molecule has 0 atom stereocenters. The Kier molecular flexibility index (Phi) is 11.7. The molecule has 27 heavy (non-hydrogen) atoms. The van der Waals surface area contributed by atoms with Crippen LogP contribution in [-0.4, -0.2) is 74.8 Å². The summed E-state index contributed by atoms with van der Waals surface area (Å²) in [6.07, 6.45) is 3.89. The Hall–Kier alpha value is -0.689. The van der Waals surface area contributed by atoms with Gasteiger partial charge in [0.15, 0.2) is 0 Å². The average Bonchev–Trinajstić information content (AvgIpc) is 2.55. The van der Waals surface area contributed by atoms with Gasteiger partial charge >= 0.3 is 48.9 Å². The third-order valence-electron chi connectivity index (χ3n) is 3.21. The molecule has 0 spiro atoms. The molecule has 0 N–H and O–H groups in total. The molecule has 2 aromatic rings. The van der Waals surface area contributed by atoms with Gasteiger partial charge in [-0.15, -0.1) is 13.2 Å². The number of benzene rings is 2. The molecule has 2 rings (SSSR count). The van der Waals surface area contributed by atoms with Gasteiger partial charge in [-0.25, -0.2) is 16.8 Å². The van der Waals surface area contributed by atoms with Crippen LogP contribution in [-0.2, 0) is 33.1 Å². The second-order valence-corrected chi connectivity index (χ2v) is 7.81. The first-order chi connectivity index (χ1) is 12.1. The Bertz CT molecular complexity index is 901. The van der Waals surface area contributed by atoms with E-state index >= 15 is 0 Å². The first-order valence-corrected chi connectivity index (χ1v) is 10.2. The van der Waals surface area contributed by atoms with E-state index in [1.807, 2.05) is 0 Å². The molecule has 0 aliphatic heterocycles. The summed E-state index contributed by atoms with van der Waals surface area (Å²) in [5.41, 5.74) is 0.986. The Labute approximate surface area is 200 Å². The Morgan fingerprint density at radius 1 is 0.704 bits per heavy atom. The van der Waals surface area contributed by atoms with Gasteiger partial charge in [0, 0.05) is 0 Å². The number of rotatable bonds is 6. The average molecular weight is 532 g/mol. The second kappa shape index (κ2) is 12.0. The van der Waals surface area contributed by atoms with Crippen molar-refractivity contribution < 1.29 is 25.9 Å². The largest absolute Gasteiger partial charge is 2.00 e. The van der Waals surface area contributed by atoms with Gasteiger partial charge in [-0.2, -0.15) is 0 Å². The van der Waals surface area contributed by atoms with E-state index in [2.05, 4.69) is 13.2 Å². The third-order valence-corrected chi connectivity index (χ3v) is 5.09. The summed E-state index contributed by atoms with van der Waals surface area (Å²) in [5.74, 6) is 0. The van der Waals surface area contributed by atoms with Crippen molar-refractivity contribution in [1.29, 1.82) is 0 Å². The minimum atomic E-state index is -4.35. The van der Waals surface area contributed by atoms with Gasteiger partial charge in [-0.1, -0.05) is 48.6 Å². The number of hydrogen-bond acceptors (Lipinski definition) is 6. The van der Waals surface area contributed by atoms with Crippen LogP contribution in [0.15, 0.2) is 83.6 Å². The smallest absolute Gasteiger partial charge is 0.744 e. The van der Waals surface area contributed by atoms with Gasteiger partial charge in [-0.3, -0.25) is 0 Å². The van der Waals surface area contributed by atoms with Gasteiger partial charge in [0.25, 0.3) is 0 Å². The Balaban J connectivity index is 0.000000483. The van der Waals surface area contributed by atoms with Crippen molar-refractivity contribution in [2.75, 3.05) is 0 Å². The van der Waals surface area contributed by atoms with Crippen molar-refractivity contribution in [1.82, 2.24) is 0 Å². The van der Waals surface area contributed by atoms with E-state index in [0.29, 0.717) is 24.0 Å². The standard InChI is InChI=1S/2C9H10O3S.Ba/c2*1-2-5-8-6-3-4-7-9(8)13(10,11)12;/h2*2-4,6-7H,1,5H2,(H,10,11,12);/q;;+2/p-2. The zero-order chi connectivity index (χ0) is 19.8. The van der Waals surface area contributed by atoms with Crippen molar-refractivity contribution in [2.24, 2.45) is 0 Å². The number of hydrogen-bond donors (Lipinski definition) is 0. The van der Waals surface area contributed by atoms with Crippen molar-refractivity contribution in [3.63, 3.8) is 0 Å². The first kappa shape index (κ1) is 26.3. The Morgan fingerprint density at radius 3 is 1.26 bits per heavy atom. The zero-order valence-electron chi connectivity index (χ0n) is 14.6. The van der Waals surface area contributed by atoms with Crippen LogP contribution < -0.4 is 0 Å². The van der Waals surface area contributed by atoms with E-state index in [1.54, 1.807) is 36.4 Å². The molecule has 0 amide bonds. The molecule has 0 saturated carbocycles. The van der Waals surface area contributed by atoms with Gasteiger partial charge in [-0.05, 0) is 36.1 Å². The van der Waals surface area contributed by atoms with Gasteiger partial charge in [0.05, 0.1) is 9.79 Å². The second-order valence-electron chi connectivity index (χ2n) is 5.11. The minimum absolute atomic E-state index is 0. The third kappa shape index (κ3) is 8.90. The molecule has 0 unspecified atom stereocenters. The molecule has 0 bridgehead atoms. The molecule has 0 aliphatic rings. The quantitative estimate of drug-likeness (QED) is 0.321. The predicted octanol–water partition coefficient (Wildman–Crippen LogP) is 2.26. The molecular formula is C18H18BaO6S2. The van der Waals surface area contributed by atoms with Crippen LogP contribution in [0, 0.1) is 0 Å². The fourth-order valence-electron chi connectivity index (χ4n) is 2.14. The molecule has 0 radical (unpaired) electrons. The van der Waals surface area contributed by atoms with Crippen molar-refractivity contribution in [3.05, 3.63) is 85.0 Å². The minimum Gasteiger partial charge on any atom is -0.744 e. The van der Waals surface area contributed by atoms with E-state index in [4.69, 9.17) is 0 Å². The van der Waals surface area contributed by atoms with Crippen LogP contribution >= 0.6 is 0 Å². The van der Waals surface area contributed by atoms with Gasteiger partial charge < -0.3 is 9.11 Å². The maximum atomic E-state index is 10.7. The van der Waals surface area contributed by atoms with Crippen molar-refractivity contribution in [2.45, 2.75) is 22.6 Å². The fourth-order valence-corrected chi connectivity index (χ4v) is 3.58. The summed E-state index contributed by atoms with van der Waals surface area (Å²) in [6.45, 7) is 6.96. The van der Waals surface area contributed by atoms with E-state index in [-0.39, 0.29) is 58.7 Å². The molecule has 6 nitrogen and oxygen atoms in total. The van der Waals surface area contributed by atoms with E-state index in [1.165, 1.54) is 24.3 Å². The maximum absolute atomic E-state index is 10.7. The fraction of sp³-hybridized carbons (Fsp3) is 0.111. The molecule has 0 fully saturated rings. The van der Waals surface area contributed by atoms with Crippen LogP contribution in [0.3, 0.4) is 0 Å². The summed E-state index contributed by atoms with van der Waals surface area (Å²) < 4.78 is 64.4. The maximum Gasteiger partial charge on any atom is 2.00 e. The van der Waals surface area contributed by atoms with Gasteiger partial charge in [0.1, 0.15) is 20.2 Å². The van der Waals surface area contributed by atoms with E-state index in [0.717, 1.165) is 0 Å². The van der Waals surface area contributed by atoms with E-state index in [9.17, 15) is 25.9 Å². The van der Waals surface area contributed by atoms with Crippen LogP contribution in [0.25, 0.3) is 0 Å². The molecular weight excluding hydrogens is 514 g/mol. The molecule has 0 heterocycles. The molecule has 0 aliphatic carbocycles. The monoisotopic (exact) mass is 532 g/mol. The van der Waals surface area contributed by atoms with E-state index < -0.39 is 20.2 Å². The molecule has 9 heteroatoms. The van der Waals surface area contributed by atoms with Crippen molar-refractivity contribution in [3.8, 4) is 0 Å². The summed E-state index contributed by atoms with van der Waals surface area (Å²) in [6, 6.07) is 12.2. The summed E-state index contributed by atoms with van der Waals surface area (Å²) in [5, 5.41) is 0. The topological polar surface area (TPSA) is 114 Å². The summed E-state index contributed by atoms with van der Waals surface area (Å²) >= 11 is 0. The van der Waals surface area contributed by atoms with Crippen LogP contribution in [0.2, 0.25) is 0 Å².